The molecule has 0 aliphatic rings. The molecule has 4 heteroatoms. The molecule has 0 unspecified atom stereocenters. The van der Waals surface area contributed by atoms with E-state index < -0.39 is 0 Å². The minimum atomic E-state index is -0.346. The van der Waals surface area contributed by atoms with Crippen LogP contribution < -0.4 is 5.32 Å². The highest BCUT2D eigenvalue weighted by Crippen LogP contribution is 2.19. The van der Waals surface area contributed by atoms with E-state index in [2.05, 4.69) is 5.32 Å². The lowest BCUT2D eigenvalue weighted by Gasteiger charge is -2.06. The van der Waals surface area contributed by atoms with Gasteiger partial charge >= 0.3 is 5.97 Å². The Morgan fingerprint density at radius 3 is 2.55 bits per heavy atom. The second kappa shape index (κ2) is 6.70. The third-order valence-electron chi connectivity index (χ3n) is 2.89. The topological polar surface area (TPSA) is 55.4 Å². The van der Waals surface area contributed by atoms with Crippen molar-refractivity contribution in [2.24, 2.45) is 0 Å². The summed E-state index contributed by atoms with van der Waals surface area (Å²) in [6.07, 6.45) is 0.235. The number of nitrogens with one attached hydrogen (secondary N) is 1. The predicted molar refractivity (Wildman–Crippen MR) is 78.4 cm³/mol. The first-order valence-electron chi connectivity index (χ1n) is 6.63. The van der Waals surface area contributed by atoms with Gasteiger partial charge in [0.2, 0.25) is 5.91 Å². The molecule has 1 amide bonds. The summed E-state index contributed by atoms with van der Waals surface area (Å²) >= 11 is 0. The molecule has 20 heavy (non-hydrogen) atoms. The largest absolute Gasteiger partial charge is 0.466 e. The predicted octanol–water partition coefficient (Wildman–Crippen LogP) is 3.12. The number of hydrogen-bond donors (Lipinski definition) is 1. The van der Waals surface area contributed by atoms with E-state index in [-0.39, 0.29) is 24.7 Å². The summed E-state index contributed by atoms with van der Waals surface area (Å²) < 4.78 is 4.78. The number of ether oxygens (including phenoxy) is 1. The Balaban J connectivity index is 1.94. The van der Waals surface area contributed by atoms with Gasteiger partial charge in [-0.3, -0.25) is 9.59 Å². The standard InChI is InChI=1S/C16H17NO3/c1-2-20-16(19)10-9-15(18)17-14-8-7-12-5-3-4-6-13(12)11-14/h3-8,11H,2,9-10H2,1H3,(H,17,18). The average Bonchev–Trinajstić information content (AvgIpc) is 2.45. The molecule has 0 bridgehead atoms. The van der Waals surface area contributed by atoms with Crippen LogP contribution in [-0.2, 0) is 14.3 Å². The van der Waals surface area contributed by atoms with Crippen molar-refractivity contribution in [2.45, 2.75) is 19.8 Å². The third kappa shape index (κ3) is 3.82. The van der Waals surface area contributed by atoms with Gasteiger partial charge in [-0.15, -0.1) is 0 Å². The molecule has 0 atom stereocenters. The van der Waals surface area contributed by atoms with Crippen LogP contribution in [0.1, 0.15) is 19.8 Å². The number of anilines is 1. The van der Waals surface area contributed by atoms with E-state index in [4.69, 9.17) is 4.74 Å². The van der Waals surface area contributed by atoms with Crippen molar-refractivity contribution in [2.75, 3.05) is 11.9 Å². The molecule has 0 fully saturated rings. The molecule has 0 aliphatic carbocycles. The molecule has 2 aromatic carbocycles. The van der Waals surface area contributed by atoms with E-state index in [1.54, 1.807) is 6.92 Å². The number of fused-ring (bicyclic) bond motifs is 1. The van der Waals surface area contributed by atoms with Crippen LogP contribution >= 0.6 is 0 Å². The van der Waals surface area contributed by atoms with E-state index >= 15 is 0 Å². The summed E-state index contributed by atoms with van der Waals surface area (Å²) in [4.78, 5) is 22.9. The molecule has 0 spiro atoms. The highest BCUT2D eigenvalue weighted by atomic mass is 16.5. The van der Waals surface area contributed by atoms with E-state index in [1.807, 2.05) is 42.5 Å². The first-order chi connectivity index (χ1) is 9.69. The molecule has 2 aromatic rings. The maximum absolute atomic E-state index is 11.7. The molecule has 0 radical (unpaired) electrons. The van der Waals surface area contributed by atoms with Crippen molar-refractivity contribution in [3.05, 3.63) is 42.5 Å². The zero-order valence-corrected chi connectivity index (χ0v) is 11.4. The third-order valence-corrected chi connectivity index (χ3v) is 2.89. The van der Waals surface area contributed by atoms with Crippen LogP contribution in [-0.4, -0.2) is 18.5 Å². The normalized spacial score (nSPS) is 10.2. The minimum absolute atomic E-state index is 0.104. The lowest BCUT2D eigenvalue weighted by molar-refractivity contribution is -0.144. The molecule has 0 aromatic heterocycles. The van der Waals surface area contributed by atoms with E-state index in [0.717, 1.165) is 16.5 Å². The zero-order chi connectivity index (χ0) is 14.4. The first-order valence-corrected chi connectivity index (χ1v) is 6.63. The van der Waals surface area contributed by atoms with Crippen LogP contribution in [0, 0.1) is 0 Å². The van der Waals surface area contributed by atoms with Crippen molar-refractivity contribution in [3.63, 3.8) is 0 Å². The Hall–Kier alpha value is -2.36. The fourth-order valence-electron chi connectivity index (χ4n) is 1.94. The second-order valence-corrected chi connectivity index (χ2v) is 4.42. The van der Waals surface area contributed by atoms with Crippen LogP contribution in [0.25, 0.3) is 10.8 Å². The Labute approximate surface area is 117 Å². The monoisotopic (exact) mass is 271 g/mol. The summed E-state index contributed by atoms with van der Waals surface area (Å²) in [5, 5.41) is 4.97. The summed E-state index contributed by atoms with van der Waals surface area (Å²) in [6, 6.07) is 13.7. The molecule has 2 rings (SSSR count). The molecule has 0 saturated heterocycles. The number of rotatable bonds is 5. The summed E-state index contributed by atoms with van der Waals surface area (Å²) in [5.41, 5.74) is 0.734. The Morgan fingerprint density at radius 2 is 1.80 bits per heavy atom. The number of esters is 1. The van der Waals surface area contributed by atoms with Gasteiger partial charge in [0, 0.05) is 12.1 Å². The van der Waals surface area contributed by atoms with Crippen LogP contribution in [0.5, 0.6) is 0 Å². The second-order valence-electron chi connectivity index (χ2n) is 4.42. The maximum atomic E-state index is 11.7. The number of amides is 1. The van der Waals surface area contributed by atoms with Gasteiger partial charge in [0.1, 0.15) is 0 Å². The number of hydrogen-bond acceptors (Lipinski definition) is 3. The summed E-state index contributed by atoms with van der Waals surface area (Å²) in [6.45, 7) is 2.08. The molecule has 1 N–H and O–H groups in total. The van der Waals surface area contributed by atoms with E-state index in [9.17, 15) is 9.59 Å². The van der Waals surface area contributed by atoms with Gasteiger partial charge in [-0.1, -0.05) is 30.3 Å². The molecule has 4 nitrogen and oxygen atoms in total. The SMILES string of the molecule is CCOC(=O)CCC(=O)Nc1ccc2ccccc2c1. The summed E-state index contributed by atoms with van der Waals surface area (Å²) in [5.74, 6) is -0.533. The Bertz CT molecular complexity index is 622. The van der Waals surface area contributed by atoms with Crippen molar-refractivity contribution < 1.29 is 14.3 Å². The van der Waals surface area contributed by atoms with Gasteiger partial charge in [-0.2, -0.15) is 0 Å². The quantitative estimate of drug-likeness (QED) is 0.850. The van der Waals surface area contributed by atoms with Gasteiger partial charge in [-0.05, 0) is 29.8 Å². The van der Waals surface area contributed by atoms with Crippen molar-refractivity contribution >= 4 is 28.3 Å². The lowest BCUT2D eigenvalue weighted by atomic mass is 10.1. The molecular weight excluding hydrogens is 254 g/mol. The van der Waals surface area contributed by atoms with Gasteiger partial charge in [0.05, 0.1) is 13.0 Å². The molecule has 0 saturated carbocycles. The van der Waals surface area contributed by atoms with Crippen LogP contribution in [0.15, 0.2) is 42.5 Å². The van der Waals surface area contributed by atoms with Gasteiger partial charge < -0.3 is 10.1 Å². The van der Waals surface area contributed by atoms with Gasteiger partial charge in [0.25, 0.3) is 0 Å². The number of benzene rings is 2. The van der Waals surface area contributed by atoms with Crippen molar-refractivity contribution in [1.29, 1.82) is 0 Å². The van der Waals surface area contributed by atoms with Crippen LogP contribution in [0.3, 0.4) is 0 Å². The highest BCUT2D eigenvalue weighted by Gasteiger charge is 2.08. The van der Waals surface area contributed by atoms with Crippen LogP contribution in [0.4, 0.5) is 5.69 Å². The molecule has 0 aliphatic heterocycles. The number of carbonyl (C=O) groups is 2. The number of carbonyl (C=O) groups excluding carboxylic acids is 2. The fourth-order valence-corrected chi connectivity index (χ4v) is 1.94. The fraction of sp³-hybridized carbons (Fsp3) is 0.250. The Morgan fingerprint density at radius 1 is 1.05 bits per heavy atom. The lowest BCUT2D eigenvalue weighted by Crippen LogP contribution is -2.14. The first kappa shape index (κ1) is 14.1. The smallest absolute Gasteiger partial charge is 0.306 e. The minimum Gasteiger partial charge on any atom is -0.466 e. The van der Waals surface area contributed by atoms with Crippen molar-refractivity contribution in [1.82, 2.24) is 0 Å². The Kier molecular flexibility index (Phi) is 4.71. The van der Waals surface area contributed by atoms with E-state index in [0.29, 0.717) is 6.61 Å². The average molecular weight is 271 g/mol. The maximum Gasteiger partial charge on any atom is 0.306 e. The summed E-state index contributed by atoms with van der Waals surface area (Å²) in [7, 11) is 0. The molecule has 104 valence electrons. The van der Waals surface area contributed by atoms with Gasteiger partial charge in [-0.25, -0.2) is 0 Å². The zero-order valence-electron chi connectivity index (χ0n) is 11.4. The van der Waals surface area contributed by atoms with Crippen molar-refractivity contribution in [3.8, 4) is 0 Å². The van der Waals surface area contributed by atoms with Crippen LogP contribution in [0.2, 0.25) is 0 Å². The molecular formula is C16H17NO3. The molecule has 0 heterocycles. The highest BCUT2D eigenvalue weighted by molar-refractivity contribution is 5.95. The van der Waals surface area contributed by atoms with E-state index in [1.165, 1.54) is 0 Å². The van der Waals surface area contributed by atoms with Gasteiger partial charge in [0.15, 0.2) is 0 Å².